The number of methoxy groups -OCH3 is 3. The van der Waals surface area contributed by atoms with E-state index in [4.69, 9.17) is 28.3 Å². The summed E-state index contributed by atoms with van der Waals surface area (Å²) in [6, 6.07) is 11.1. The molecule has 0 radical (unpaired) electrons. The van der Waals surface area contributed by atoms with E-state index in [-0.39, 0.29) is 18.4 Å². The molecule has 4 aromatic rings. The summed E-state index contributed by atoms with van der Waals surface area (Å²) in [5.41, 5.74) is 3.90. The number of esters is 1. The zero-order valence-corrected chi connectivity index (χ0v) is 20.7. The number of benzene rings is 2. The molecule has 1 atom stereocenters. The van der Waals surface area contributed by atoms with Crippen molar-refractivity contribution in [2.24, 2.45) is 5.92 Å². The number of aryl methyl sites for hydroxylation is 1. The topological polar surface area (TPSA) is 106 Å². The monoisotopic (exact) mass is 489 g/mol. The molecule has 0 bridgehead atoms. The summed E-state index contributed by atoms with van der Waals surface area (Å²) in [4.78, 5) is 18.1. The number of nitrogens with zero attached hydrogens (tertiary/aromatic N) is 3. The van der Waals surface area contributed by atoms with Crippen LogP contribution in [0.3, 0.4) is 0 Å². The molecule has 2 aromatic carbocycles. The Hall–Kier alpha value is -4.14. The van der Waals surface area contributed by atoms with Crippen molar-refractivity contribution < 1.29 is 28.2 Å². The Balaban J connectivity index is 1.40. The Morgan fingerprint density at radius 3 is 2.53 bits per heavy atom. The van der Waals surface area contributed by atoms with Crippen molar-refractivity contribution in [3.8, 4) is 28.7 Å². The standard InChI is InChI=1S/C27H27N3O6/c1-15-9-10-20-18(11-15)24(17-7-5-6-8-19(17)28-20)27(31)35-14-23-29-30-26(36-23)16-12-21(32-2)25(34-4)22(13-16)33-3/h5-8,12-13,15H,9-11,14H2,1-4H3/t15-/m1/s1. The minimum absolute atomic E-state index is 0.156. The number of hydrogen-bond acceptors (Lipinski definition) is 9. The molecule has 0 aliphatic heterocycles. The number of pyridine rings is 1. The van der Waals surface area contributed by atoms with Gasteiger partial charge < -0.3 is 23.4 Å². The van der Waals surface area contributed by atoms with E-state index in [1.807, 2.05) is 24.3 Å². The van der Waals surface area contributed by atoms with E-state index in [1.54, 1.807) is 12.1 Å². The van der Waals surface area contributed by atoms with Crippen LogP contribution in [-0.2, 0) is 24.2 Å². The Bertz CT molecular complexity index is 1410. The van der Waals surface area contributed by atoms with Crippen LogP contribution in [0.4, 0.5) is 0 Å². The van der Waals surface area contributed by atoms with Gasteiger partial charge >= 0.3 is 5.97 Å². The van der Waals surface area contributed by atoms with Crippen LogP contribution >= 0.6 is 0 Å². The minimum Gasteiger partial charge on any atom is -0.493 e. The zero-order chi connectivity index (χ0) is 25.2. The fourth-order valence-electron chi connectivity index (χ4n) is 4.63. The third-order valence-electron chi connectivity index (χ3n) is 6.41. The van der Waals surface area contributed by atoms with Crippen molar-refractivity contribution in [1.82, 2.24) is 15.2 Å². The maximum Gasteiger partial charge on any atom is 0.339 e. The van der Waals surface area contributed by atoms with Crippen LogP contribution in [0, 0.1) is 5.92 Å². The van der Waals surface area contributed by atoms with Gasteiger partial charge in [0, 0.05) is 16.6 Å². The van der Waals surface area contributed by atoms with Crippen LogP contribution < -0.4 is 14.2 Å². The second kappa shape index (κ2) is 9.85. The van der Waals surface area contributed by atoms with E-state index in [0.717, 1.165) is 41.4 Å². The Kier molecular flexibility index (Phi) is 6.45. The molecular weight excluding hydrogens is 462 g/mol. The summed E-state index contributed by atoms with van der Waals surface area (Å²) < 4.78 is 27.6. The Morgan fingerprint density at radius 2 is 1.81 bits per heavy atom. The van der Waals surface area contributed by atoms with Gasteiger partial charge in [-0.05, 0) is 48.9 Å². The third-order valence-corrected chi connectivity index (χ3v) is 6.41. The van der Waals surface area contributed by atoms with Crippen molar-refractivity contribution in [3.63, 3.8) is 0 Å². The lowest BCUT2D eigenvalue weighted by Crippen LogP contribution is -2.19. The number of hydrogen-bond donors (Lipinski definition) is 0. The van der Waals surface area contributed by atoms with Gasteiger partial charge in [0.1, 0.15) is 0 Å². The van der Waals surface area contributed by atoms with Gasteiger partial charge in [-0.1, -0.05) is 25.1 Å². The first-order chi connectivity index (χ1) is 17.5. The highest BCUT2D eigenvalue weighted by atomic mass is 16.5. The van der Waals surface area contributed by atoms with Gasteiger partial charge in [-0.15, -0.1) is 10.2 Å². The summed E-state index contributed by atoms with van der Waals surface area (Å²) in [6.45, 7) is 2.04. The van der Waals surface area contributed by atoms with Crippen molar-refractivity contribution in [1.29, 1.82) is 0 Å². The van der Waals surface area contributed by atoms with E-state index in [0.29, 0.717) is 34.3 Å². The first-order valence-corrected chi connectivity index (χ1v) is 11.7. The van der Waals surface area contributed by atoms with Crippen molar-refractivity contribution >= 4 is 16.9 Å². The maximum absolute atomic E-state index is 13.3. The molecule has 186 valence electrons. The second-order valence-corrected chi connectivity index (χ2v) is 8.77. The normalized spacial score (nSPS) is 14.8. The first-order valence-electron chi connectivity index (χ1n) is 11.7. The quantitative estimate of drug-likeness (QED) is 0.339. The molecule has 5 rings (SSSR count). The SMILES string of the molecule is COc1cc(-c2nnc(COC(=O)c3c4c(nc5ccccc35)CC[C@@H](C)C4)o2)cc(OC)c1OC. The molecule has 9 nitrogen and oxygen atoms in total. The van der Waals surface area contributed by atoms with Crippen molar-refractivity contribution in [3.05, 3.63) is 59.1 Å². The molecule has 0 saturated carbocycles. The number of fused-ring (bicyclic) bond motifs is 2. The van der Waals surface area contributed by atoms with Gasteiger partial charge in [0.05, 0.1) is 32.4 Å². The molecule has 1 aliphatic rings. The van der Waals surface area contributed by atoms with E-state index in [9.17, 15) is 4.79 Å². The average Bonchev–Trinajstić information content (AvgIpc) is 3.38. The van der Waals surface area contributed by atoms with Gasteiger partial charge in [-0.3, -0.25) is 4.98 Å². The highest BCUT2D eigenvalue weighted by Crippen LogP contribution is 2.41. The van der Waals surface area contributed by atoms with Gasteiger partial charge in [0.25, 0.3) is 5.89 Å². The van der Waals surface area contributed by atoms with Crippen molar-refractivity contribution in [2.75, 3.05) is 21.3 Å². The molecule has 0 spiro atoms. The molecule has 1 aliphatic carbocycles. The second-order valence-electron chi connectivity index (χ2n) is 8.77. The number of ether oxygens (including phenoxy) is 4. The van der Waals surface area contributed by atoms with E-state index in [1.165, 1.54) is 21.3 Å². The van der Waals surface area contributed by atoms with Crippen LogP contribution in [0.2, 0.25) is 0 Å². The molecule has 2 aromatic heterocycles. The third kappa shape index (κ3) is 4.32. The lowest BCUT2D eigenvalue weighted by molar-refractivity contribution is 0.0439. The van der Waals surface area contributed by atoms with Crippen LogP contribution in [0.1, 0.15) is 40.9 Å². The maximum atomic E-state index is 13.3. The Morgan fingerprint density at radius 1 is 1.06 bits per heavy atom. The molecule has 2 heterocycles. The lowest BCUT2D eigenvalue weighted by atomic mass is 9.84. The summed E-state index contributed by atoms with van der Waals surface area (Å²) in [5.74, 6) is 1.84. The molecular formula is C27H27N3O6. The molecule has 0 N–H and O–H groups in total. The summed E-state index contributed by atoms with van der Waals surface area (Å²) in [7, 11) is 4.59. The molecule has 0 saturated heterocycles. The molecule has 36 heavy (non-hydrogen) atoms. The molecule has 0 fully saturated rings. The van der Waals surface area contributed by atoms with Gasteiger partial charge in [0.15, 0.2) is 18.1 Å². The number of aromatic nitrogens is 3. The van der Waals surface area contributed by atoms with E-state index in [2.05, 4.69) is 17.1 Å². The van der Waals surface area contributed by atoms with Crippen molar-refractivity contribution in [2.45, 2.75) is 32.8 Å². The Labute approximate surface area is 208 Å². The largest absolute Gasteiger partial charge is 0.493 e. The van der Waals surface area contributed by atoms with Gasteiger partial charge in [-0.25, -0.2) is 4.79 Å². The minimum atomic E-state index is -0.425. The molecule has 0 unspecified atom stereocenters. The van der Waals surface area contributed by atoms with Gasteiger partial charge in [-0.2, -0.15) is 0 Å². The summed E-state index contributed by atoms with van der Waals surface area (Å²) >= 11 is 0. The predicted octanol–water partition coefficient (Wildman–Crippen LogP) is 4.79. The smallest absolute Gasteiger partial charge is 0.339 e. The van der Waals surface area contributed by atoms with Crippen LogP contribution in [0.25, 0.3) is 22.4 Å². The van der Waals surface area contributed by atoms with E-state index >= 15 is 0 Å². The molecule has 9 heteroatoms. The summed E-state index contributed by atoms with van der Waals surface area (Å²) in [6.07, 6.45) is 2.70. The summed E-state index contributed by atoms with van der Waals surface area (Å²) in [5, 5.41) is 8.95. The first kappa shape index (κ1) is 23.6. The highest BCUT2D eigenvalue weighted by Gasteiger charge is 2.26. The molecule has 0 amide bonds. The number of carbonyl (C=O) groups is 1. The highest BCUT2D eigenvalue weighted by molar-refractivity contribution is 6.05. The number of rotatable bonds is 7. The zero-order valence-electron chi connectivity index (χ0n) is 20.7. The van der Waals surface area contributed by atoms with E-state index < -0.39 is 5.97 Å². The van der Waals surface area contributed by atoms with Crippen LogP contribution in [-0.4, -0.2) is 42.5 Å². The number of carbonyl (C=O) groups excluding carboxylic acids is 1. The predicted molar refractivity (Wildman–Crippen MR) is 131 cm³/mol. The number of para-hydroxylation sites is 1. The van der Waals surface area contributed by atoms with Gasteiger partial charge in [0.2, 0.25) is 11.6 Å². The average molecular weight is 490 g/mol. The fourth-order valence-corrected chi connectivity index (χ4v) is 4.63. The lowest BCUT2D eigenvalue weighted by Gasteiger charge is -2.24. The van der Waals surface area contributed by atoms with Crippen LogP contribution in [0.5, 0.6) is 17.2 Å². The van der Waals surface area contributed by atoms with Crippen LogP contribution in [0.15, 0.2) is 40.8 Å². The fraction of sp³-hybridized carbons (Fsp3) is 0.333.